The van der Waals surface area contributed by atoms with E-state index >= 15 is 0 Å². The molecule has 2 saturated carbocycles. The van der Waals surface area contributed by atoms with Gasteiger partial charge in [-0.25, -0.2) is 0 Å². The summed E-state index contributed by atoms with van der Waals surface area (Å²) in [6, 6.07) is 0. The number of fused-ring (bicyclic) bond motifs is 1. The fourth-order valence-electron chi connectivity index (χ4n) is 4.99. The van der Waals surface area contributed by atoms with Crippen LogP contribution in [0, 0.1) is 17.3 Å². The first kappa shape index (κ1) is 11.1. The molecule has 0 aromatic rings. The monoisotopic (exact) mass is 222 g/mol. The maximum absolute atomic E-state index is 6.68. The Balaban J connectivity index is 2.04. The highest BCUT2D eigenvalue weighted by Gasteiger charge is 2.65. The van der Waals surface area contributed by atoms with Crippen LogP contribution in [-0.4, -0.2) is 11.2 Å². The van der Waals surface area contributed by atoms with E-state index in [0.717, 1.165) is 11.8 Å². The van der Waals surface area contributed by atoms with Gasteiger partial charge in [0.05, 0.1) is 11.2 Å². The Bertz CT molecular complexity index is 309. The Morgan fingerprint density at radius 3 is 2.56 bits per heavy atom. The van der Waals surface area contributed by atoms with Crippen LogP contribution in [0.15, 0.2) is 0 Å². The minimum atomic E-state index is 0.128. The number of hydrogen-bond acceptors (Lipinski definition) is 1. The predicted octanol–water partition coefficient (Wildman–Crippen LogP) is 4.16. The van der Waals surface area contributed by atoms with E-state index in [1.807, 2.05) is 0 Å². The van der Waals surface area contributed by atoms with Crippen molar-refractivity contribution in [1.29, 1.82) is 0 Å². The van der Waals surface area contributed by atoms with Crippen molar-refractivity contribution in [3.63, 3.8) is 0 Å². The molecule has 0 aromatic carbocycles. The lowest BCUT2D eigenvalue weighted by Crippen LogP contribution is -2.55. The van der Waals surface area contributed by atoms with Crippen molar-refractivity contribution in [3.05, 3.63) is 0 Å². The summed E-state index contributed by atoms with van der Waals surface area (Å²) in [4.78, 5) is 0. The van der Waals surface area contributed by atoms with Crippen LogP contribution in [0.4, 0.5) is 0 Å². The fraction of sp³-hybridized carbons (Fsp3) is 1.00. The summed E-state index contributed by atoms with van der Waals surface area (Å²) < 4.78 is 6.68. The molecule has 3 fully saturated rings. The van der Waals surface area contributed by atoms with Crippen LogP contribution in [0.1, 0.15) is 66.2 Å². The molecule has 1 heterocycles. The van der Waals surface area contributed by atoms with Crippen molar-refractivity contribution < 1.29 is 4.74 Å². The lowest BCUT2D eigenvalue weighted by atomic mass is 9.53. The molecular weight excluding hydrogens is 196 g/mol. The first-order valence-electron chi connectivity index (χ1n) is 7.10. The topological polar surface area (TPSA) is 9.23 Å². The molecule has 0 radical (unpaired) electrons. The largest absolute Gasteiger partial charge is 0.368 e. The summed E-state index contributed by atoms with van der Waals surface area (Å²) in [5.41, 5.74) is 0.815. The Morgan fingerprint density at radius 1 is 1.06 bits per heavy atom. The average Bonchev–Trinajstić information content (AvgIpc) is 2.42. The van der Waals surface area contributed by atoms with Gasteiger partial charge in [0.2, 0.25) is 0 Å². The SMILES string of the molecule is C[C@H]1CCC[C@@]2(C)CC[C@@H]3C[C@]12OC3(C)C. The van der Waals surface area contributed by atoms with Crippen LogP contribution in [0.5, 0.6) is 0 Å². The smallest absolute Gasteiger partial charge is 0.0772 e. The first-order valence-corrected chi connectivity index (χ1v) is 7.10. The zero-order valence-corrected chi connectivity index (χ0v) is 11.3. The second kappa shape index (κ2) is 3.04. The molecule has 1 nitrogen and oxygen atoms in total. The van der Waals surface area contributed by atoms with Gasteiger partial charge in [0, 0.05) is 0 Å². The van der Waals surface area contributed by atoms with E-state index in [4.69, 9.17) is 4.74 Å². The lowest BCUT2D eigenvalue weighted by Gasteiger charge is -2.55. The van der Waals surface area contributed by atoms with Gasteiger partial charge in [-0.1, -0.05) is 20.3 Å². The molecule has 1 aliphatic heterocycles. The minimum absolute atomic E-state index is 0.128. The maximum atomic E-state index is 6.68. The molecule has 0 amide bonds. The van der Waals surface area contributed by atoms with E-state index in [2.05, 4.69) is 27.7 Å². The van der Waals surface area contributed by atoms with Gasteiger partial charge in [-0.15, -0.1) is 0 Å². The molecule has 0 unspecified atom stereocenters. The van der Waals surface area contributed by atoms with Gasteiger partial charge in [0.15, 0.2) is 0 Å². The van der Waals surface area contributed by atoms with Crippen LogP contribution in [0.3, 0.4) is 0 Å². The van der Waals surface area contributed by atoms with E-state index < -0.39 is 0 Å². The molecule has 0 N–H and O–H groups in total. The molecule has 3 rings (SSSR count). The van der Waals surface area contributed by atoms with E-state index in [1.54, 1.807) is 0 Å². The van der Waals surface area contributed by atoms with Crippen molar-refractivity contribution >= 4 is 0 Å². The molecule has 0 aromatic heterocycles. The number of ether oxygens (including phenoxy) is 1. The fourth-order valence-corrected chi connectivity index (χ4v) is 4.99. The van der Waals surface area contributed by atoms with Gasteiger partial charge in [0.25, 0.3) is 0 Å². The standard InChI is InChI=1S/C15H26O/c1-11-6-5-8-14(4)9-7-12-10-15(11,14)16-13(12,2)3/h11-12H,5-10H2,1-4H3/t11-,12+,14-,15-/m0/s1. The van der Waals surface area contributed by atoms with Crippen molar-refractivity contribution in [3.8, 4) is 0 Å². The molecule has 16 heavy (non-hydrogen) atoms. The molecule has 92 valence electrons. The van der Waals surface area contributed by atoms with Gasteiger partial charge in [-0.2, -0.15) is 0 Å². The van der Waals surface area contributed by atoms with Crippen molar-refractivity contribution in [2.45, 2.75) is 77.4 Å². The summed E-state index contributed by atoms with van der Waals surface area (Å²) in [6.07, 6.45) is 8.29. The Labute approximate surface area is 99.9 Å². The van der Waals surface area contributed by atoms with Crippen LogP contribution < -0.4 is 0 Å². The summed E-state index contributed by atoms with van der Waals surface area (Å²) in [5.74, 6) is 1.57. The predicted molar refractivity (Wildman–Crippen MR) is 66.4 cm³/mol. The van der Waals surface area contributed by atoms with Crippen molar-refractivity contribution in [2.24, 2.45) is 17.3 Å². The van der Waals surface area contributed by atoms with Crippen LogP contribution in [0.2, 0.25) is 0 Å². The summed E-state index contributed by atoms with van der Waals surface area (Å²) >= 11 is 0. The van der Waals surface area contributed by atoms with Crippen LogP contribution in [0.25, 0.3) is 0 Å². The zero-order valence-electron chi connectivity index (χ0n) is 11.3. The van der Waals surface area contributed by atoms with E-state index in [-0.39, 0.29) is 11.2 Å². The van der Waals surface area contributed by atoms with Gasteiger partial charge >= 0.3 is 0 Å². The normalized spacial score (nSPS) is 54.8. The molecule has 2 aliphatic carbocycles. The number of hydrogen-bond donors (Lipinski definition) is 0. The van der Waals surface area contributed by atoms with Gasteiger partial charge in [-0.05, 0) is 63.2 Å². The molecular formula is C15H26O. The molecule has 1 saturated heterocycles. The Kier molecular flexibility index (Phi) is 2.11. The highest BCUT2D eigenvalue weighted by atomic mass is 16.5. The third kappa shape index (κ3) is 1.16. The molecule has 4 atom stereocenters. The molecule has 1 heteroatoms. The Hall–Kier alpha value is -0.0400. The van der Waals surface area contributed by atoms with Gasteiger partial charge in [-0.3, -0.25) is 0 Å². The maximum Gasteiger partial charge on any atom is 0.0772 e. The molecule has 1 spiro atoms. The third-order valence-electron chi connectivity index (χ3n) is 6.21. The summed E-state index contributed by atoms with van der Waals surface area (Å²) in [7, 11) is 0. The van der Waals surface area contributed by atoms with E-state index in [1.165, 1.54) is 38.5 Å². The second-order valence-corrected chi connectivity index (χ2v) is 7.39. The highest BCUT2D eigenvalue weighted by Crippen LogP contribution is 2.65. The third-order valence-corrected chi connectivity index (χ3v) is 6.21. The Morgan fingerprint density at radius 2 is 1.81 bits per heavy atom. The summed E-state index contributed by atoms with van der Waals surface area (Å²) in [6.45, 7) is 9.57. The van der Waals surface area contributed by atoms with Crippen LogP contribution in [-0.2, 0) is 4.74 Å². The molecule has 3 aliphatic rings. The van der Waals surface area contributed by atoms with Crippen molar-refractivity contribution in [1.82, 2.24) is 0 Å². The van der Waals surface area contributed by atoms with E-state index in [9.17, 15) is 0 Å². The number of rotatable bonds is 0. The quantitative estimate of drug-likeness (QED) is 0.598. The zero-order chi connectivity index (χ0) is 11.6. The minimum Gasteiger partial charge on any atom is -0.368 e. The second-order valence-electron chi connectivity index (χ2n) is 7.39. The van der Waals surface area contributed by atoms with E-state index in [0.29, 0.717) is 5.41 Å². The average molecular weight is 222 g/mol. The van der Waals surface area contributed by atoms with Gasteiger partial charge < -0.3 is 4.74 Å². The van der Waals surface area contributed by atoms with Crippen molar-refractivity contribution in [2.75, 3.05) is 0 Å². The summed E-state index contributed by atoms with van der Waals surface area (Å²) in [5, 5.41) is 0. The van der Waals surface area contributed by atoms with Gasteiger partial charge in [0.1, 0.15) is 0 Å². The highest BCUT2D eigenvalue weighted by molar-refractivity contribution is 5.14. The first-order chi connectivity index (χ1) is 7.40. The van der Waals surface area contributed by atoms with Crippen LogP contribution >= 0.6 is 0 Å². The lowest BCUT2D eigenvalue weighted by molar-refractivity contribution is -0.192. The molecule has 2 bridgehead atoms.